The minimum atomic E-state index is -1.01. The summed E-state index contributed by atoms with van der Waals surface area (Å²) >= 11 is 0. The second kappa shape index (κ2) is 4.41. The van der Waals surface area contributed by atoms with E-state index in [4.69, 9.17) is 5.11 Å². The van der Waals surface area contributed by atoms with Crippen LogP contribution >= 0.6 is 0 Å². The Morgan fingerprint density at radius 1 is 1.57 bits per heavy atom. The number of carbonyl (C=O) groups excluding carboxylic acids is 1. The van der Waals surface area contributed by atoms with E-state index in [0.29, 0.717) is 0 Å². The van der Waals surface area contributed by atoms with Crippen LogP contribution in [0, 0.1) is 5.92 Å². The van der Waals surface area contributed by atoms with Crippen LogP contribution in [0.2, 0.25) is 0 Å². The summed E-state index contributed by atoms with van der Waals surface area (Å²) in [4.78, 5) is 22.0. The van der Waals surface area contributed by atoms with Gasteiger partial charge in [-0.2, -0.15) is 0 Å². The van der Waals surface area contributed by atoms with E-state index in [0.717, 1.165) is 13.0 Å². The topological polar surface area (TPSA) is 78.4 Å². The number of carboxylic acid groups (broad SMARTS) is 1. The summed E-state index contributed by atoms with van der Waals surface area (Å²) in [5.74, 6) is -0.954. The third-order valence-electron chi connectivity index (χ3n) is 2.54. The van der Waals surface area contributed by atoms with E-state index in [1.165, 1.54) is 6.92 Å². The molecule has 3 atom stereocenters. The second-order valence-electron chi connectivity index (χ2n) is 3.77. The molecule has 5 nitrogen and oxygen atoms in total. The number of hydrogen-bond acceptors (Lipinski definition) is 3. The molecule has 1 saturated heterocycles. The van der Waals surface area contributed by atoms with Gasteiger partial charge in [-0.15, -0.1) is 0 Å². The number of aliphatic carboxylic acids is 1. The van der Waals surface area contributed by atoms with Crippen LogP contribution in [0.15, 0.2) is 0 Å². The van der Waals surface area contributed by atoms with Crippen LogP contribution < -0.4 is 10.6 Å². The molecule has 14 heavy (non-hydrogen) atoms. The van der Waals surface area contributed by atoms with Crippen molar-refractivity contribution < 1.29 is 14.7 Å². The van der Waals surface area contributed by atoms with Gasteiger partial charge in [0, 0.05) is 0 Å². The summed E-state index contributed by atoms with van der Waals surface area (Å²) in [6.07, 6.45) is 0.958. The quantitative estimate of drug-likeness (QED) is 0.578. The molecule has 0 aromatic heterocycles. The highest BCUT2D eigenvalue weighted by Crippen LogP contribution is 2.14. The van der Waals surface area contributed by atoms with Gasteiger partial charge in [0.25, 0.3) is 0 Å². The van der Waals surface area contributed by atoms with Crippen molar-refractivity contribution >= 4 is 11.9 Å². The lowest BCUT2D eigenvalue weighted by Gasteiger charge is -2.17. The van der Waals surface area contributed by atoms with Crippen molar-refractivity contribution in [2.75, 3.05) is 6.54 Å². The number of hydrogen-bond donors (Lipinski definition) is 3. The van der Waals surface area contributed by atoms with Crippen LogP contribution in [0.3, 0.4) is 0 Å². The molecule has 0 bridgehead atoms. The van der Waals surface area contributed by atoms with E-state index >= 15 is 0 Å². The molecule has 1 aliphatic rings. The van der Waals surface area contributed by atoms with E-state index in [1.807, 2.05) is 6.92 Å². The van der Waals surface area contributed by atoms with E-state index < -0.39 is 12.0 Å². The second-order valence-corrected chi connectivity index (χ2v) is 3.77. The van der Waals surface area contributed by atoms with Crippen molar-refractivity contribution in [3.63, 3.8) is 0 Å². The molecular formula is C9H16N2O3. The highest BCUT2D eigenvalue weighted by Gasteiger charge is 2.30. The minimum absolute atomic E-state index is 0.218. The monoisotopic (exact) mass is 200 g/mol. The molecule has 1 amide bonds. The van der Waals surface area contributed by atoms with E-state index in [1.54, 1.807) is 0 Å². The maximum atomic E-state index is 11.5. The predicted octanol–water partition coefficient (Wildman–Crippen LogP) is -0.426. The fourth-order valence-corrected chi connectivity index (χ4v) is 1.55. The average Bonchev–Trinajstić information content (AvgIpc) is 2.51. The van der Waals surface area contributed by atoms with Gasteiger partial charge >= 0.3 is 5.97 Å². The summed E-state index contributed by atoms with van der Waals surface area (Å²) in [7, 11) is 0. The Balaban J connectivity index is 2.45. The molecule has 0 aromatic rings. The van der Waals surface area contributed by atoms with Gasteiger partial charge in [0.2, 0.25) is 5.91 Å². The Hall–Kier alpha value is -1.10. The Bertz CT molecular complexity index is 242. The van der Waals surface area contributed by atoms with Gasteiger partial charge in [0.15, 0.2) is 0 Å². The van der Waals surface area contributed by atoms with Gasteiger partial charge in [0.1, 0.15) is 6.04 Å². The minimum Gasteiger partial charge on any atom is -0.480 e. The summed E-state index contributed by atoms with van der Waals surface area (Å²) in [5.41, 5.74) is 0. The predicted molar refractivity (Wildman–Crippen MR) is 50.8 cm³/mol. The lowest BCUT2D eigenvalue weighted by molar-refractivity contribution is -0.141. The molecule has 0 radical (unpaired) electrons. The normalized spacial score (nSPS) is 28.4. The molecular weight excluding hydrogens is 184 g/mol. The molecule has 2 unspecified atom stereocenters. The van der Waals surface area contributed by atoms with Crippen LogP contribution in [-0.4, -0.2) is 35.6 Å². The highest BCUT2D eigenvalue weighted by molar-refractivity contribution is 5.87. The lowest BCUT2D eigenvalue weighted by Crippen LogP contribution is -2.48. The maximum absolute atomic E-state index is 11.5. The van der Waals surface area contributed by atoms with Gasteiger partial charge in [-0.3, -0.25) is 9.59 Å². The molecule has 1 rings (SSSR count). The van der Waals surface area contributed by atoms with Crippen molar-refractivity contribution in [2.24, 2.45) is 5.92 Å². The SMILES string of the molecule is CC1CCNC1C(=O)N[C@@H](C)C(=O)O. The third-order valence-corrected chi connectivity index (χ3v) is 2.54. The molecule has 3 N–H and O–H groups in total. The van der Waals surface area contributed by atoms with Crippen LogP contribution in [0.4, 0.5) is 0 Å². The Kier molecular flexibility index (Phi) is 3.46. The molecule has 5 heteroatoms. The molecule has 0 aromatic carbocycles. The Labute approximate surface area is 82.9 Å². The van der Waals surface area contributed by atoms with E-state index in [2.05, 4.69) is 10.6 Å². The fourth-order valence-electron chi connectivity index (χ4n) is 1.55. The van der Waals surface area contributed by atoms with Gasteiger partial charge in [-0.1, -0.05) is 6.92 Å². The summed E-state index contributed by atoms with van der Waals surface area (Å²) in [6, 6.07) is -1.06. The largest absolute Gasteiger partial charge is 0.480 e. The zero-order valence-corrected chi connectivity index (χ0v) is 8.41. The standard InChI is InChI=1S/C9H16N2O3/c1-5-3-4-10-7(5)8(12)11-6(2)9(13)14/h5-7,10H,3-4H2,1-2H3,(H,11,12)(H,13,14)/t5?,6-,7?/m0/s1. The summed E-state index contributed by atoms with van der Waals surface area (Å²) in [6.45, 7) is 4.26. The molecule has 0 spiro atoms. The molecule has 1 fully saturated rings. The molecule has 0 aliphatic carbocycles. The summed E-state index contributed by atoms with van der Waals surface area (Å²) in [5, 5.41) is 14.1. The first kappa shape index (κ1) is 11.0. The first-order chi connectivity index (χ1) is 6.52. The number of amides is 1. The van der Waals surface area contributed by atoms with Crippen molar-refractivity contribution in [3.05, 3.63) is 0 Å². The number of carbonyl (C=O) groups is 2. The third kappa shape index (κ3) is 2.45. The summed E-state index contributed by atoms with van der Waals surface area (Å²) < 4.78 is 0. The smallest absolute Gasteiger partial charge is 0.325 e. The molecule has 1 heterocycles. The van der Waals surface area contributed by atoms with Crippen LogP contribution in [-0.2, 0) is 9.59 Å². The van der Waals surface area contributed by atoms with Gasteiger partial charge in [0.05, 0.1) is 6.04 Å². The van der Waals surface area contributed by atoms with E-state index in [-0.39, 0.29) is 17.9 Å². The Morgan fingerprint density at radius 3 is 2.64 bits per heavy atom. The lowest BCUT2D eigenvalue weighted by atomic mass is 10.0. The fraction of sp³-hybridized carbons (Fsp3) is 0.778. The average molecular weight is 200 g/mol. The zero-order chi connectivity index (χ0) is 10.7. The van der Waals surface area contributed by atoms with Crippen LogP contribution in [0.5, 0.6) is 0 Å². The number of rotatable bonds is 3. The van der Waals surface area contributed by atoms with Gasteiger partial charge in [-0.25, -0.2) is 0 Å². The zero-order valence-electron chi connectivity index (χ0n) is 8.41. The molecule has 0 saturated carbocycles. The molecule has 80 valence electrons. The van der Waals surface area contributed by atoms with E-state index in [9.17, 15) is 9.59 Å². The first-order valence-electron chi connectivity index (χ1n) is 4.79. The van der Waals surface area contributed by atoms with Crippen molar-refractivity contribution in [2.45, 2.75) is 32.4 Å². The molecule has 1 aliphatic heterocycles. The highest BCUT2D eigenvalue weighted by atomic mass is 16.4. The van der Waals surface area contributed by atoms with Crippen LogP contribution in [0.25, 0.3) is 0 Å². The first-order valence-corrected chi connectivity index (χ1v) is 4.79. The van der Waals surface area contributed by atoms with Gasteiger partial charge in [-0.05, 0) is 25.8 Å². The van der Waals surface area contributed by atoms with Crippen molar-refractivity contribution in [1.82, 2.24) is 10.6 Å². The van der Waals surface area contributed by atoms with Crippen molar-refractivity contribution in [1.29, 1.82) is 0 Å². The van der Waals surface area contributed by atoms with Crippen molar-refractivity contribution in [3.8, 4) is 0 Å². The maximum Gasteiger partial charge on any atom is 0.325 e. The number of carboxylic acids is 1. The Morgan fingerprint density at radius 2 is 2.21 bits per heavy atom. The van der Waals surface area contributed by atoms with Crippen LogP contribution in [0.1, 0.15) is 20.3 Å². The number of nitrogens with one attached hydrogen (secondary N) is 2. The van der Waals surface area contributed by atoms with Gasteiger partial charge < -0.3 is 15.7 Å².